The molecule has 0 bridgehead atoms. The molecular weight excluding hydrogens is 456 g/mol. The molecule has 1 saturated heterocycles. The van der Waals surface area contributed by atoms with Crippen LogP contribution in [0.1, 0.15) is 44.8 Å². The number of likely N-dealkylation sites (tertiary alicyclic amines) is 1. The molecule has 8 heteroatoms. The van der Waals surface area contributed by atoms with E-state index in [0.717, 1.165) is 17.7 Å². The number of hydrogen-bond donors (Lipinski definition) is 0. The molecule has 0 unspecified atom stereocenters. The maximum absolute atomic E-state index is 13.1. The Kier molecular flexibility index (Phi) is 6.43. The van der Waals surface area contributed by atoms with Gasteiger partial charge >= 0.3 is 12.4 Å². The lowest BCUT2D eigenvalue weighted by Gasteiger charge is -2.24. The van der Waals surface area contributed by atoms with Crippen LogP contribution >= 0.6 is 0 Å². The fourth-order valence-corrected chi connectivity index (χ4v) is 4.61. The van der Waals surface area contributed by atoms with Gasteiger partial charge in [0.2, 0.25) is 0 Å². The first-order valence-electron chi connectivity index (χ1n) is 10.7. The van der Waals surface area contributed by atoms with Crippen molar-refractivity contribution in [2.75, 3.05) is 13.1 Å². The summed E-state index contributed by atoms with van der Waals surface area (Å²) < 4.78 is 78.7. The molecule has 0 aromatic heterocycles. The lowest BCUT2D eigenvalue weighted by atomic mass is 9.83. The lowest BCUT2D eigenvalue weighted by Crippen LogP contribution is -2.34. The molecule has 0 spiro atoms. The van der Waals surface area contributed by atoms with E-state index in [4.69, 9.17) is 0 Å². The quantitative estimate of drug-likeness (QED) is 0.374. The summed E-state index contributed by atoms with van der Waals surface area (Å²) in [6.07, 6.45) is -10.9. The first-order chi connectivity index (χ1) is 16.1. The Labute approximate surface area is 192 Å². The molecule has 0 N–H and O–H groups in total. The van der Waals surface area contributed by atoms with Crippen LogP contribution in [-0.2, 0) is 0 Å². The molecule has 1 amide bonds. The van der Waals surface area contributed by atoms with Gasteiger partial charge in [0.25, 0.3) is 5.91 Å². The molecule has 4 rings (SSSR count). The monoisotopic (exact) mass is 477 g/mol. The molecule has 1 aliphatic heterocycles. The number of rotatable bonds is 4. The Morgan fingerprint density at radius 2 is 1.12 bits per heavy atom. The average Bonchev–Trinajstić information content (AvgIpc) is 3.24. The minimum atomic E-state index is -5.45. The first-order valence-corrected chi connectivity index (χ1v) is 10.7. The predicted octanol–water partition coefficient (Wildman–Crippen LogP) is 6.92. The molecule has 0 saturated carbocycles. The fourth-order valence-electron chi connectivity index (χ4n) is 4.61. The minimum Gasteiger partial charge on any atom is -0.337 e. The van der Waals surface area contributed by atoms with E-state index in [1.54, 1.807) is 35.2 Å². The second-order valence-corrected chi connectivity index (χ2v) is 8.38. The highest BCUT2D eigenvalue weighted by molar-refractivity contribution is 5.94. The second-order valence-electron chi connectivity index (χ2n) is 8.38. The molecule has 1 aliphatic rings. The van der Waals surface area contributed by atoms with Crippen molar-refractivity contribution in [1.82, 2.24) is 4.90 Å². The number of amides is 1. The van der Waals surface area contributed by atoms with Crippen molar-refractivity contribution < 1.29 is 31.1 Å². The summed E-state index contributed by atoms with van der Waals surface area (Å²) in [4.78, 5) is 14.7. The highest BCUT2D eigenvalue weighted by Gasteiger charge is 2.57. The normalized spacial score (nSPS) is 19.0. The number of hydrogen-bond acceptors (Lipinski definition) is 1. The summed E-state index contributed by atoms with van der Waals surface area (Å²) in [6, 6.07) is 22.5. The number of alkyl halides is 6. The molecule has 2 nitrogen and oxygen atoms in total. The van der Waals surface area contributed by atoms with E-state index in [9.17, 15) is 31.1 Å². The van der Waals surface area contributed by atoms with Crippen LogP contribution in [0.25, 0.3) is 0 Å². The van der Waals surface area contributed by atoms with Crippen molar-refractivity contribution in [1.29, 1.82) is 0 Å². The number of nitrogens with zero attached hydrogens (tertiary/aromatic N) is 1. The smallest absolute Gasteiger partial charge is 0.337 e. The van der Waals surface area contributed by atoms with Crippen molar-refractivity contribution in [3.8, 4) is 0 Å². The van der Waals surface area contributed by atoms with Crippen LogP contribution in [0.4, 0.5) is 26.3 Å². The summed E-state index contributed by atoms with van der Waals surface area (Å²) in [5, 5.41) is 0. The third-order valence-electron chi connectivity index (χ3n) is 6.21. The molecule has 1 fully saturated rings. The third kappa shape index (κ3) is 4.95. The predicted molar refractivity (Wildman–Crippen MR) is 116 cm³/mol. The van der Waals surface area contributed by atoms with E-state index in [1.807, 2.05) is 30.3 Å². The Hall–Kier alpha value is -3.29. The van der Waals surface area contributed by atoms with Gasteiger partial charge in [0.05, 0.1) is 0 Å². The molecule has 2 atom stereocenters. The number of halogens is 6. The van der Waals surface area contributed by atoms with Gasteiger partial charge in [-0.05, 0) is 28.8 Å². The molecule has 0 aliphatic carbocycles. The third-order valence-corrected chi connectivity index (χ3v) is 6.21. The minimum absolute atomic E-state index is 0.152. The van der Waals surface area contributed by atoms with Crippen LogP contribution in [0.2, 0.25) is 0 Å². The zero-order chi connectivity index (χ0) is 24.5. The Bertz CT molecular complexity index is 1100. The number of carbonyl (C=O) groups excluding carboxylic acids is 1. The van der Waals surface area contributed by atoms with E-state index in [-0.39, 0.29) is 17.7 Å². The van der Waals surface area contributed by atoms with Crippen LogP contribution in [-0.4, -0.2) is 36.2 Å². The van der Waals surface area contributed by atoms with E-state index in [0.29, 0.717) is 24.2 Å². The van der Waals surface area contributed by atoms with Gasteiger partial charge in [0.1, 0.15) is 0 Å². The van der Waals surface area contributed by atoms with E-state index >= 15 is 0 Å². The van der Waals surface area contributed by atoms with Gasteiger partial charge in [-0.25, -0.2) is 0 Å². The van der Waals surface area contributed by atoms with Crippen molar-refractivity contribution in [3.05, 3.63) is 107 Å². The number of carbonyl (C=O) groups is 1. The molecule has 178 valence electrons. The average molecular weight is 477 g/mol. The summed E-state index contributed by atoms with van der Waals surface area (Å²) in [5.41, 5.74) is 1.20. The van der Waals surface area contributed by atoms with Gasteiger partial charge in [0, 0.05) is 30.5 Å². The van der Waals surface area contributed by atoms with Crippen molar-refractivity contribution in [2.24, 2.45) is 0 Å². The van der Waals surface area contributed by atoms with Crippen LogP contribution < -0.4 is 0 Å². The molecule has 0 radical (unpaired) electrons. The van der Waals surface area contributed by atoms with Crippen LogP contribution in [0.15, 0.2) is 84.9 Å². The molecule has 3 aromatic carbocycles. The van der Waals surface area contributed by atoms with Crippen molar-refractivity contribution in [3.63, 3.8) is 0 Å². The van der Waals surface area contributed by atoms with Crippen LogP contribution in [0.5, 0.6) is 0 Å². The Morgan fingerprint density at radius 3 is 1.59 bits per heavy atom. The maximum atomic E-state index is 13.1. The Morgan fingerprint density at radius 1 is 0.676 bits per heavy atom. The second kappa shape index (κ2) is 9.16. The molecule has 1 heterocycles. The van der Waals surface area contributed by atoms with E-state index in [2.05, 4.69) is 0 Å². The van der Waals surface area contributed by atoms with Gasteiger partial charge in [-0.1, -0.05) is 72.8 Å². The SMILES string of the molecule is O=C(c1ccccc1)N1C[C@H](c2ccccc2)[C@H](c2ccc(C(C(F)(F)F)C(F)(F)F)cc2)C1. The van der Waals surface area contributed by atoms with Gasteiger partial charge in [-0.3, -0.25) is 4.79 Å². The summed E-state index contributed by atoms with van der Waals surface area (Å²) in [5.74, 6) is -4.14. The summed E-state index contributed by atoms with van der Waals surface area (Å²) in [7, 11) is 0. The standard InChI is InChI=1S/C26H21F6NO/c27-25(28,29)23(26(30,31)32)19-13-11-18(12-14-19)22-16-33(24(34)20-9-5-2-6-10-20)15-21(22)17-7-3-1-4-8-17/h1-14,21-23H,15-16H2/t21-,22+/m1/s1. The molecular formula is C26H21F6NO. The van der Waals surface area contributed by atoms with Crippen molar-refractivity contribution >= 4 is 5.91 Å². The molecule has 34 heavy (non-hydrogen) atoms. The maximum Gasteiger partial charge on any atom is 0.404 e. The van der Waals surface area contributed by atoms with Crippen LogP contribution in [0, 0.1) is 0 Å². The highest BCUT2D eigenvalue weighted by Crippen LogP contribution is 2.47. The molecule has 3 aromatic rings. The van der Waals surface area contributed by atoms with Gasteiger partial charge in [-0.15, -0.1) is 0 Å². The Balaban J connectivity index is 1.66. The summed E-state index contributed by atoms with van der Waals surface area (Å²) >= 11 is 0. The van der Waals surface area contributed by atoms with Crippen molar-refractivity contribution in [2.45, 2.75) is 30.1 Å². The van der Waals surface area contributed by atoms with Gasteiger partial charge in [0.15, 0.2) is 5.92 Å². The van der Waals surface area contributed by atoms with Gasteiger partial charge < -0.3 is 4.90 Å². The fraction of sp³-hybridized carbons (Fsp3) is 0.269. The van der Waals surface area contributed by atoms with Gasteiger partial charge in [-0.2, -0.15) is 26.3 Å². The number of benzene rings is 3. The topological polar surface area (TPSA) is 20.3 Å². The zero-order valence-electron chi connectivity index (χ0n) is 17.9. The zero-order valence-corrected chi connectivity index (χ0v) is 17.9. The largest absolute Gasteiger partial charge is 0.404 e. The summed E-state index contributed by atoms with van der Waals surface area (Å²) in [6.45, 7) is 0.687. The van der Waals surface area contributed by atoms with E-state index in [1.165, 1.54) is 12.1 Å². The highest BCUT2D eigenvalue weighted by atomic mass is 19.4. The van der Waals surface area contributed by atoms with E-state index < -0.39 is 23.8 Å². The first kappa shape index (κ1) is 23.9. The lowest BCUT2D eigenvalue weighted by molar-refractivity contribution is -0.253. The van der Waals surface area contributed by atoms with Crippen LogP contribution in [0.3, 0.4) is 0 Å².